The molecule has 1 aromatic carbocycles. The number of piperidine rings is 1. The van der Waals surface area contributed by atoms with Crippen LogP contribution in [-0.4, -0.2) is 23.9 Å². The Bertz CT molecular complexity index is 301. The van der Waals surface area contributed by atoms with Gasteiger partial charge < -0.3 is 4.90 Å². The summed E-state index contributed by atoms with van der Waals surface area (Å²) in [7, 11) is 0. The second kappa shape index (κ2) is 4.27. The van der Waals surface area contributed by atoms with E-state index in [4.69, 9.17) is 0 Å². The number of hydrogen-bond donors (Lipinski definition) is 0. The summed E-state index contributed by atoms with van der Waals surface area (Å²) in [6.45, 7) is 1.63. The first-order chi connectivity index (χ1) is 6.88. The SMILES string of the molecule is O=C(c1ccccc1)N1CC[C]CC1. The standard InChI is InChI=1S/C12H13NO/c14-12(11-7-3-1-4-8-11)13-9-5-2-6-10-13/h1,3-4,7-8H,5-6,9-10H2. The fourth-order valence-electron chi connectivity index (χ4n) is 1.63. The summed E-state index contributed by atoms with van der Waals surface area (Å²) >= 11 is 0. The summed E-state index contributed by atoms with van der Waals surface area (Å²) in [5, 5.41) is 0. The Morgan fingerprint density at radius 2 is 1.79 bits per heavy atom. The van der Waals surface area contributed by atoms with Gasteiger partial charge in [-0.25, -0.2) is 0 Å². The van der Waals surface area contributed by atoms with Crippen LogP contribution in [0, 0.1) is 6.42 Å². The summed E-state index contributed by atoms with van der Waals surface area (Å²) in [5.41, 5.74) is 0.786. The maximum Gasteiger partial charge on any atom is 0.253 e. The van der Waals surface area contributed by atoms with Crippen LogP contribution >= 0.6 is 0 Å². The molecular weight excluding hydrogens is 174 g/mol. The molecule has 0 unspecified atom stereocenters. The van der Waals surface area contributed by atoms with Crippen molar-refractivity contribution in [3.63, 3.8) is 0 Å². The van der Waals surface area contributed by atoms with E-state index in [1.165, 1.54) is 0 Å². The topological polar surface area (TPSA) is 20.3 Å². The molecule has 1 fully saturated rings. The fourth-order valence-corrected chi connectivity index (χ4v) is 1.63. The zero-order chi connectivity index (χ0) is 9.80. The molecule has 1 saturated heterocycles. The van der Waals surface area contributed by atoms with E-state index in [1.54, 1.807) is 0 Å². The number of likely N-dealkylation sites (tertiary alicyclic amines) is 1. The van der Waals surface area contributed by atoms with E-state index in [2.05, 4.69) is 6.42 Å². The van der Waals surface area contributed by atoms with E-state index >= 15 is 0 Å². The van der Waals surface area contributed by atoms with Gasteiger partial charge in [0.25, 0.3) is 5.91 Å². The second-order valence-electron chi connectivity index (χ2n) is 3.41. The van der Waals surface area contributed by atoms with Crippen LogP contribution in [0.4, 0.5) is 0 Å². The van der Waals surface area contributed by atoms with Crippen molar-refractivity contribution < 1.29 is 4.79 Å². The lowest BCUT2D eigenvalue weighted by Gasteiger charge is -2.26. The fraction of sp³-hybridized carbons (Fsp3) is 0.333. The van der Waals surface area contributed by atoms with Crippen molar-refractivity contribution in [2.45, 2.75) is 12.8 Å². The molecule has 1 aliphatic rings. The lowest BCUT2D eigenvalue weighted by molar-refractivity contribution is 0.0742. The van der Waals surface area contributed by atoms with Crippen LogP contribution in [0.5, 0.6) is 0 Å². The van der Waals surface area contributed by atoms with Gasteiger partial charge in [-0.2, -0.15) is 0 Å². The predicted molar refractivity (Wildman–Crippen MR) is 54.8 cm³/mol. The monoisotopic (exact) mass is 187 g/mol. The summed E-state index contributed by atoms with van der Waals surface area (Å²) in [6, 6.07) is 9.45. The van der Waals surface area contributed by atoms with Gasteiger partial charge in [0.15, 0.2) is 0 Å². The smallest absolute Gasteiger partial charge is 0.253 e. The molecule has 0 N–H and O–H groups in total. The van der Waals surface area contributed by atoms with E-state index in [0.717, 1.165) is 31.5 Å². The minimum Gasteiger partial charge on any atom is -0.339 e. The molecule has 0 bridgehead atoms. The van der Waals surface area contributed by atoms with Crippen molar-refractivity contribution in [2.75, 3.05) is 13.1 Å². The lowest BCUT2D eigenvalue weighted by atomic mass is 10.1. The summed E-state index contributed by atoms with van der Waals surface area (Å²) in [6.07, 6.45) is 5.03. The van der Waals surface area contributed by atoms with Crippen LogP contribution in [0.15, 0.2) is 30.3 Å². The van der Waals surface area contributed by atoms with E-state index in [9.17, 15) is 4.79 Å². The quantitative estimate of drug-likeness (QED) is 0.658. The molecule has 0 saturated carbocycles. The van der Waals surface area contributed by atoms with Crippen molar-refractivity contribution in [2.24, 2.45) is 0 Å². The zero-order valence-electron chi connectivity index (χ0n) is 8.07. The molecule has 0 aromatic heterocycles. The Kier molecular flexibility index (Phi) is 2.82. The largest absolute Gasteiger partial charge is 0.339 e. The van der Waals surface area contributed by atoms with Gasteiger partial charge in [0.05, 0.1) is 0 Å². The molecule has 2 heteroatoms. The number of benzene rings is 1. The third kappa shape index (κ3) is 1.95. The Morgan fingerprint density at radius 1 is 1.14 bits per heavy atom. The van der Waals surface area contributed by atoms with Crippen molar-refractivity contribution >= 4 is 5.91 Å². The molecule has 1 amide bonds. The Morgan fingerprint density at radius 3 is 2.43 bits per heavy atom. The highest BCUT2D eigenvalue weighted by Gasteiger charge is 2.17. The molecule has 2 rings (SSSR count). The number of nitrogens with zero attached hydrogens (tertiary/aromatic N) is 1. The molecule has 0 spiro atoms. The first-order valence-electron chi connectivity index (χ1n) is 4.93. The van der Waals surface area contributed by atoms with Crippen LogP contribution in [0.2, 0.25) is 0 Å². The van der Waals surface area contributed by atoms with Crippen LogP contribution in [0.3, 0.4) is 0 Å². The third-order valence-corrected chi connectivity index (χ3v) is 2.42. The number of amides is 1. The van der Waals surface area contributed by atoms with Gasteiger partial charge in [-0.3, -0.25) is 4.79 Å². The molecule has 72 valence electrons. The second-order valence-corrected chi connectivity index (χ2v) is 3.41. The molecule has 2 radical (unpaired) electrons. The third-order valence-electron chi connectivity index (χ3n) is 2.42. The summed E-state index contributed by atoms with van der Waals surface area (Å²) in [4.78, 5) is 13.8. The highest BCUT2D eigenvalue weighted by atomic mass is 16.2. The molecule has 2 nitrogen and oxygen atoms in total. The first kappa shape index (κ1) is 9.25. The number of carbonyl (C=O) groups is 1. The molecular formula is C12H13NO. The molecule has 0 aliphatic carbocycles. The first-order valence-corrected chi connectivity index (χ1v) is 4.93. The van der Waals surface area contributed by atoms with E-state index in [-0.39, 0.29) is 5.91 Å². The average Bonchev–Trinajstić information content (AvgIpc) is 2.30. The Balaban J connectivity index is 2.07. The minimum atomic E-state index is 0.145. The van der Waals surface area contributed by atoms with E-state index in [1.807, 2.05) is 35.2 Å². The van der Waals surface area contributed by atoms with Crippen LogP contribution in [0.1, 0.15) is 23.2 Å². The van der Waals surface area contributed by atoms with Crippen molar-refractivity contribution in [3.8, 4) is 0 Å². The van der Waals surface area contributed by atoms with Crippen LogP contribution in [-0.2, 0) is 0 Å². The van der Waals surface area contributed by atoms with Crippen molar-refractivity contribution in [1.82, 2.24) is 4.90 Å². The maximum absolute atomic E-state index is 11.9. The van der Waals surface area contributed by atoms with Gasteiger partial charge in [-0.05, 0) is 31.4 Å². The maximum atomic E-state index is 11.9. The highest BCUT2D eigenvalue weighted by Crippen LogP contribution is 2.11. The van der Waals surface area contributed by atoms with E-state index < -0.39 is 0 Å². The Labute approximate surface area is 84.5 Å². The number of hydrogen-bond acceptors (Lipinski definition) is 1. The van der Waals surface area contributed by atoms with Gasteiger partial charge in [0.1, 0.15) is 0 Å². The normalized spacial score (nSPS) is 16.7. The van der Waals surface area contributed by atoms with Crippen LogP contribution < -0.4 is 0 Å². The van der Waals surface area contributed by atoms with Gasteiger partial charge >= 0.3 is 0 Å². The van der Waals surface area contributed by atoms with Crippen molar-refractivity contribution in [3.05, 3.63) is 42.3 Å². The molecule has 1 aromatic rings. The van der Waals surface area contributed by atoms with Gasteiger partial charge in [-0.15, -0.1) is 0 Å². The number of carbonyl (C=O) groups excluding carboxylic acids is 1. The van der Waals surface area contributed by atoms with Crippen LogP contribution in [0.25, 0.3) is 0 Å². The Hall–Kier alpha value is -1.31. The molecule has 1 heterocycles. The van der Waals surface area contributed by atoms with Gasteiger partial charge in [0, 0.05) is 18.7 Å². The highest BCUT2D eigenvalue weighted by molar-refractivity contribution is 5.94. The molecule has 1 aliphatic heterocycles. The number of rotatable bonds is 1. The molecule has 14 heavy (non-hydrogen) atoms. The average molecular weight is 187 g/mol. The minimum absolute atomic E-state index is 0.145. The molecule has 0 atom stereocenters. The van der Waals surface area contributed by atoms with Gasteiger partial charge in [0.2, 0.25) is 0 Å². The predicted octanol–water partition coefficient (Wildman–Crippen LogP) is 2.00. The lowest BCUT2D eigenvalue weighted by Crippen LogP contribution is -2.35. The van der Waals surface area contributed by atoms with Gasteiger partial charge in [-0.1, -0.05) is 18.2 Å². The summed E-state index contributed by atoms with van der Waals surface area (Å²) < 4.78 is 0. The summed E-state index contributed by atoms with van der Waals surface area (Å²) in [5.74, 6) is 0.145. The zero-order valence-corrected chi connectivity index (χ0v) is 8.07. The van der Waals surface area contributed by atoms with Crippen molar-refractivity contribution in [1.29, 1.82) is 0 Å². The van der Waals surface area contributed by atoms with E-state index in [0.29, 0.717) is 0 Å².